The van der Waals surface area contributed by atoms with Crippen LogP contribution in [0, 0.1) is 6.92 Å². The molecule has 0 spiro atoms. The standard InChI is InChI=1S/C17H21N5/c1-11-5-6-13-12(9-11)17-14(21-13)3-2-4-15(17)22-20-10-16-18-7-8-19-16/h5-6,9,20-21H,2-4,7-8,10H2,1H3,(H,18,19). The molecule has 5 nitrogen and oxygen atoms in total. The lowest BCUT2D eigenvalue weighted by atomic mass is 9.93. The summed E-state index contributed by atoms with van der Waals surface area (Å²) in [6, 6.07) is 6.59. The molecule has 0 amide bonds. The number of benzene rings is 1. The number of fused-ring (bicyclic) bond motifs is 3. The van der Waals surface area contributed by atoms with Crippen LogP contribution in [0.4, 0.5) is 0 Å². The molecule has 2 heterocycles. The van der Waals surface area contributed by atoms with Crippen molar-refractivity contribution in [3.05, 3.63) is 35.0 Å². The summed E-state index contributed by atoms with van der Waals surface area (Å²) in [5.74, 6) is 1.01. The van der Waals surface area contributed by atoms with Crippen LogP contribution in [-0.2, 0) is 6.42 Å². The van der Waals surface area contributed by atoms with Gasteiger partial charge in [0.05, 0.1) is 18.8 Å². The van der Waals surface area contributed by atoms with E-state index in [9.17, 15) is 0 Å². The maximum absolute atomic E-state index is 4.67. The Morgan fingerprint density at radius 3 is 3.14 bits per heavy atom. The molecule has 0 saturated carbocycles. The molecule has 0 unspecified atom stereocenters. The third-order valence-electron chi connectivity index (χ3n) is 4.36. The molecule has 0 atom stereocenters. The van der Waals surface area contributed by atoms with Gasteiger partial charge in [-0.05, 0) is 38.3 Å². The summed E-state index contributed by atoms with van der Waals surface area (Å²) < 4.78 is 0. The Kier molecular flexibility index (Phi) is 3.33. The highest BCUT2D eigenvalue weighted by molar-refractivity contribution is 6.12. The summed E-state index contributed by atoms with van der Waals surface area (Å²) in [6.45, 7) is 4.64. The summed E-state index contributed by atoms with van der Waals surface area (Å²) in [5.41, 5.74) is 9.48. The number of hydrogen-bond acceptors (Lipinski definition) is 4. The van der Waals surface area contributed by atoms with Crippen LogP contribution in [0.2, 0.25) is 0 Å². The van der Waals surface area contributed by atoms with Crippen molar-refractivity contribution >= 4 is 22.5 Å². The van der Waals surface area contributed by atoms with Gasteiger partial charge in [0, 0.05) is 28.7 Å². The van der Waals surface area contributed by atoms with Crippen LogP contribution >= 0.6 is 0 Å². The normalized spacial score (nSPS) is 19.1. The second-order valence-electron chi connectivity index (χ2n) is 6.03. The van der Waals surface area contributed by atoms with E-state index in [0.717, 1.165) is 43.9 Å². The average molecular weight is 295 g/mol. The van der Waals surface area contributed by atoms with Crippen LogP contribution in [0.25, 0.3) is 10.9 Å². The minimum Gasteiger partial charge on any atom is -0.370 e. The van der Waals surface area contributed by atoms with E-state index in [1.54, 1.807) is 0 Å². The summed E-state index contributed by atoms with van der Waals surface area (Å²) in [4.78, 5) is 7.94. The molecule has 5 heteroatoms. The molecule has 0 radical (unpaired) electrons. The molecule has 4 rings (SSSR count). The second-order valence-corrected chi connectivity index (χ2v) is 6.03. The molecule has 22 heavy (non-hydrogen) atoms. The van der Waals surface area contributed by atoms with Gasteiger partial charge in [-0.1, -0.05) is 11.6 Å². The fourth-order valence-corrected chi connectivity index (χ4v) is 3.32. The first-order valence-electron chi connectivity index (χ1n) is 7.99. The Hall–Kier alpha value is -2.30. The van der Waals surface area contributed by atoms with E-state index in [2.05, 4.69) is 50.9 Å². The van der Waals surface area contributed by atoms with Crippen molar-refractivity contribution < 1.29 is 0 Å². The Morgan fingerprint density at radius 2 is 2.27 bits per heavy atom. The summed E-state index contributed by atoms with van der Waals surface area (Å²) in [6.07, 6.45) is 3.29. The molecular formula is C17H21N5. The van der Waals surface area contributed by atoms with Gasteiger partial charge >= 0.3 is 0 Å². The number of nitrogens with one attached hydrogen (secondary N) is 3. The van der Waals surface area contributed by atoms with E-state index >= 15 is 0 Å². The zero-order valence-corrected chi connectivity index (χ0v) is 12.9. The quantitative estimate of drug-likeness (QED) is 0.759. The highest BCUT2D eigenvalue weighted by Gasteiger charge is 2.21. The Morgan fingerprint density at radius 1 is 1.32 bits per heavy atom. The van der Waals surface area contributed by atoms with Crippen molar-refractivity contribution in [3.63, 3.8) is 0 Å². The molecule has 2 aliphatic rings. The lowest BCUT2D eigenvalue weighted by Gasteiger charge is -2.15. The van der Waals surface area contributed by atoms with Crippen LogP contribution in [-0.4, -0.2) is 36.2 Å². The Labute approximate surface area is 129 Å². The van der Waals surface area contributed by atoms with Crippen LogP contribution in [0.3, 0.4) is 0 Å². The highest BCUT2D eigenvalue weighted by atomic mass is 15.3. The number of nitrogens with zero attached hydrogens (tertiary/aromatic N) is 2. The van der Waals surface area contributed by atoms with E-state index < -0.39 is 0 Å². The average Bonchev–Trinajstić information content (AvgIpc) is 3.14. The largest absolute Gasteiger partial charge is 0.370 e. The molecule has 2 aromatic rings. The number of aryl methyl sites for hydroxylation is 2. The zero-order valence-electron chi connectivity index (χ0n) is 12.9. The van der Waals surface area contributed by atoms with Crippen molar-refractivity contribution in [3.8, 4) is 0 Å². The Balaban J connectivity index is 1.65. The van der Waals surface area contributed by atoms with Gasteiger partial charge < -0.3 is 15.7 Å². The number of aliphatic imine (C=N–C) groups is 1. The molecule has 114 valence electrons. The number of hydrazone groups is 1. The SMILES string of the molecule is Cc1ccc2[nH]c3c(c2c1)C(=NNCC1=NCCN1)CCC3. The van der Waals surface area contributed by atoms with Gasteiger partial charge in [0.15, 0.2) is 0 Å². The number of amidine groups is 1. The minimum atomic E-state index is 0.681. The second kappa shape index (κ2) is 5.48. The Bertz CT molecular complexity index is 769. The third-order valence-corrected chi connectivity index (χ3v) is 4.36. The molecule has 0 bridgehead atoms. The van der Waals surface area contributed by atoms with E-state index in [-0.39, 0.29) is 0 Å². The monoisotopic (exact) mass is 295 g/mol. The van der Waals surface area contributed by atoms with E-state index in [1.165, 1.54) is 27.7 Å². The number of H-pyrrole nitrogens is 1. The molecule has 0 saturated heterocycles. The fraction of sp³-hybridized carbons (Fsp3) is 0.412. The van der Waals surface area contributed by atoms with E-state index in [0.29, 0.717) is 6.54 Å². The topological polar surface area (TPSA) is 64.6 Å². The smallest absolute Gasteiger partial charge is 0.118 e. The van der Waals surface area contributed by atoms with Crippen LogP contribution in [0.1, 0.15) is 29.7 Å². The van der Waals surface area contributed by atoms with Gasteiger partial charge in [-0.2, -0.15) is 5.10 Å². The van der Waals surface area contributed by atoms with Gasteiger partial charge in [-0.15, -0.1) is 0 Å². The number of rotatable bonds is 3. The number of hydrogen-bond donors (Lipinski definition) is 3. The lowest BCUT2D eigenvalue weighted by molar-refractivity contribution is 0.783. The third kappa shape index (κ3) is 2.36. The zero-order chi connectivity index (χ0) is 14.9. The molecule has 0 fully saturated rings. The molecule has 1 aromatic heterocycles. The van der Waals surface area contributed by atoms with Crippen LogP contribution < -0.4 is 10.7 Å². The first-order chi connectivity index (χ1) is 10.8. The van der Waals surface area contributed by atoms with Crippen LogP contribution in [0.15, 0.2) is 28.3 Å². The minimum absolute atomic E-state index is 0.681. The maximum atomic E-state index is 4.67. The summed E-state index contributed by atoms with van der Waals surface area (Å²) in [5, 5.41) is 9.22. The van der Waals surface area contributed by atoms with Crippen molar-refractivity contribution in [2.75, 3.05) is 19.6 Å². The van der Waals surface area contributed by atoms with Crippen molar-refractivity contribution in [2.45, 2.75) is 26.2 Å². The van der Waals surface area contributed by atoms with Gasteiger partial charge in [-0.3, -0.25) is 4.99 Å². The maximum Gasteiger partial charge on any atom is 0.118 e. The molecular weight excluding hydrogens is 274 g/mol. The van der Waals surface area contributed by atoms with Gasteiger partial charge in [0.1, 0.15) is 5.84 Å². The first-order valence-corrected chi connectivity index (χ1v) is 7.99. The van der Waals surface area contributed by atoms with E-state index in [1.807, 2.05) is 0 Å². The fourth-order valence-electron chi connectivity index (χ4n) is 3.32. The van der Waals surface area contributed by atoms with Crippen molar-refractivity contribution in [1.82, 2.24) is 15.7 Å². The van der Waals surface area contributed by atoms with Gasteiger partial charge in [0.2, 0.25) is 0 Å². The first kappa shape index (κ1) is 13.4. The number of aromatic amines is 1. The molecule has 1 aliphatic heterocycles. The summed E-state index contributed by atoms with van der Waals surface area (Å²) in [7, 11) is 0. The van der Waals surface area contributed by atoms with Crippen molar-refractivity contribution in [1.29, 1.82) is 0 Å². The predicted octanol–water partition coefficient (Wildman–Crippen LogP) is 2.11. The van der Waals surface area contributed by atoms with Crippen molar-refractivity contribution in [2.24, 2.45) is 10.1 Å². The summed E-state index contributed by atoms with van der Waals surface area (Å²) >= 11 is 0. The highest BCUT2D eigenvalue weighted by Crippen LogP contribution is 2.30. The van der Waals surface area contributed by atoms with Gasteiger partial charge in [0.25, 0.3) is 0 Å². The molecule has 3 N–H and O–H groups in total. The predicted molar refractivity (Wildman–Crippen MR) is 90.8 cm³/mol. The molecule has 1 aliphatic carbocycles. The molecule has 1 aromatic carbocycles. The number of aromatic nitrogens is 1. The van der Waals surface area contributed by atoms with Gasteiger partial charge in [-0.25, -0.2) is 0 Å². The lowest BCUT2D eigenvalue weighted by Crippen LogP contribution is -2.29. The van der Waals surface area contributed by atoms with Crippen LogP contribution in [0.5, 0.6) is 0 Å². The van der Waals surface area contributed by atoms with E-state index in [4.69, 9.17) is 0 Å².